The normalized spacial score (nSPS) is 13.3. The molecule has 6 heteroatoms. The van der Waals surface area contributed by atoms with Crippen LogP contribution in [-0.2, 0) is 6.54 Å². The molecule has 0 saturated heterocycles. The molecular weight excluding hydrogens is 268 g/mol. The highest BCUT2D eigenvalue weighted by Crippen LogP contribution is 2.09. The van der Waals surface area contributed by atoms with Gasteiger partial charge in [0.05, 0.1) is 11.8 Å². The van der Waals surface area contributed by atoms with Gasteiger partial charge in [-0.3, -0.25) is 4.79 Å². The summed E-state index contributed by atoms with van der Waals surface area (Å²) < 4.78 is 2.01. The number of nitrogens with two attached hydrogens (primary N) is 1. The average molecular weight is 285 g/mol. The Bertz CT molecular complexity index is 587. The molecule has 1 amide bonds. The van der Waals surface area contributed by atoms with E-state index < -0.39 is 5.91 Å². The number of hydrogen-bond acceptors (Lipinski definition) is 4. The lowest BCUT2D eigenvalue weighted by molar-refractivity contribution is -0.697. The molecule has 0 saturated carbocycles. The first-order chi connectivity index (χ1) is 10.2. The van der Waals surface area contributed by atoms with Crippen LogP contribution < -0.4 is 10.3 Å². The number of allylic oxidation sites excluding steroid dienone is 3. The molecule has 108 valence electrons. The molecule has 6 nitrogen and oxygen atoms in total. The Morgan fingerprint density at radius 2 is 1.95 bits per heavy atom. The van der Waals surface area contributed by atoms with Crippen molar-refractivity contribution >= 4 is 5.91 Å². The van der Waals surface area contributed by atoms with Crippen molar-refractivity contribution in [1.82, 2.24) is 4.90 Å². The van der Waals surface area contributed by atoms with Gasteiger partial charge in [0.25, 0.3) is 0 Å². The SMILES string of the molecule is NC(=O)c1cc[n+](CCCN2C=CC(=CN=O)C=C2)cc1. The third-order valence-corrected chi connectivity index (χ3v) is 3.13. The van der Waals surface area contributed by atoms with Gasteiger partial charge < -0.3 is 10.6 Å². The van der Waals surface area contributed by atoms with Gasteiger partial charge >= 0.3 is 0 Å². The lowest BCUT2D eigenvalue weighted by atomic mass is 10.2. The largest absolute Gasteiger partial charge is 0.366 e. The van der Waals surface area contributed by atoms with Crippen LogP contribution in [0.2, 0.25) is 0 Å². The molecule has 2 rings (SSSR count). The molecule has 0 spiro atoms. The zero-order valence-corrected chi connectivity index (χ0v) is 11.6. The maximum absolute atomic E-state index is 11.0. The van der Waals surface area contributed by atoms with Crippen LogP contribution in [0.4, 0.5) is 0 Å². The molecule has 1 aliphatic rings. The molecule has 0 aliphatic carbocycles. The zero-order chi connectivity index (χ0) is 15.1. The van der Waals surface area contributed by atoms with Crippen LogP contribution in [0.25, 0.3) is 0 Å². The summed E-state index contributed by atoms with van der Waals surface area (Å²) in [5.74, 6) is -0.417. The molecular formula is C15H17N4O2+. The van der Waals surface area contributed by atoms with Crippen LogP contribution in [0, 0.1) is 4.91 Å². The highest BCUT2D eigenvalue weighted by molar-refractivity contribution is 5.92. The Balaban J connectivity index is 1.79. The number of amides is 1. The molecule has 1 aromatic rings. The van der Waals surface area contributed by atoms with Crippen LogP contribution >= 0.6 is 0 Å². The summed E-state index contributed by atoms with van der Waals surface area (Å²) in [5, 5.41) is 2.74. The Morgan fingerprint density at radius 3 is 2.52 bits per heavy atom. The van der Waals surface area contributed by atoms with Crippen molar-refractivity contribution in [3.63, 3.8) is 0 Å². The number of carbonyl (C=O) groups is 1. The Hall–Kier alpha value is -2.76. The Labute approximate surface area is 122 Å². The average Bonchev–Trinajstić information content (AvgIpc) is 2.50. The molecule has 1 aliphatic heterocycles. The minimum absolute atomic E-state index is 0.417. The molecule has 1 aromatic heterocycles. The van der Waals surface area contributed by atoms with E-state index in [9.17, 15) is 9.70 Å². The first kappa shape index (κ1) is 14.6. The van der Waals surface area contributed by atoms with Gasteiger partial charge in [-0.25, -0.2) is 4.57 Å². The van der Waals surface area contributed by atoms with Crippen molar-refractivity contribution in [1.29, 1.82) is 0 Å². The van der Waals surface area contributed by atoms with Gasteiger partial charge in [0.2, 0.25) is 5.91 Å². The van der Waals surface area contributed by atoms with Gasteiger partial charge in [-0.2, -0.15) is 0 Å². The number of carbonyl (C=O) groups excluding carboxylic acids is 1. The fraction of sp³-hybridized carbons (Fsp3) is 0.200. The number of aryl methyl sites for hydroxylation is 1. The summed E-state index contributed by atoms with van der Waals surface area (Å²) in [6, 6.07) is 3.43. The van der Waals surface area contributed by atoms with E-state index >= 15 is 0 Å². The topological polar surface area (TPSA) is 79.6 Å². The lowest BCUT2D eigenvalue weighted by Crippen LogP contribution is -2.34. The summed E-state index contributed by atoms with van der Waals surface area (Å²) in [6.07, 6.45) is 13.4. The van der Waals surface area contributed by atoms with Crippen molar-refractivity contribution < 1.29 is 9.36 Å². The third kappa shape index (κ3) is 4.38. The molecule has 2 heterocycles. The second-order valence-corrected chi connectivity index (χ2v) is 4.65. The first-order valence-electron chi connectivity index (χ1n) is 6.63. The number of nitrogens with zero attached hydrogens (tertiary/aromatic N) is 3. The second-order valence-electron chi connectivity index (χ2n) is 4.65. The minimum Gasteiger partial charge on any atom is -0.366 e. The van der Waals surface area contributed by atoms with Crippen molar-refractivity contribution in [2.24, 2.45) is 10.9 Å². The highest BCUT2D eigenvalue weighted by atomic mass is 16.2. The van der Waals surface area contributed by atoms with E-state index in [1.807, 2.05) is 46.4 Å². The standard InChI is InChI=1S/C15H16N4O2/c16-15(20)14-4-10-19(11-5-14)7-1-6-18-8-2-13(3-9-18)12-17-21/h2-5,8-12H,1,6-7H2,(H-,16,20)/p+1. The van der Waals surface area contributed by atoms with Crippen molar-refractivity contribution in [2.45, 2.75) is 13.0 Å². The van der Waals surface area contributed by atoms with Gasteiger partial charge in [-0.05, 0) is 22.9 Å². The van der Waals surface area contributed by atoms with Crippen LogP contribution in [0.3, 0.4) is 0 Å². The Morgan fingerprint density at radius 1 is 1.29 bits per heavy atom. The second kappa shape index (κ2) is 7.14. The lowest BCUT2D eigenvalue weighted by Gasteiger charge is -2.17. The summed E-state index contributed by atoms with van der Waals surface area (Å²) in [5.41, 5.74) is 6.49. The van der Waals surface area contributed by atoms with Crippen LogP contribution in [0.1, 0.15) is 16.8 Å². The maximum Gasteiger partial charge on any atom is 0.249 e. The summed E-state index contributed by atoms with van der Waals surface area (Å²) in [7, 11) is 0. The van der Waals surface area contributed by atoms with E-state index in [2.05, 4.69) is 5.18 Å². The summed E-state index contributed by atoms with van der Waals surface area (Å²) >= 11 is 0. The predicted molar refractivity (Wildman–Crippen MR) is 78.6 cm³/mol. The first-order valence-corrected chi connectivity index (χ1v) is 6.63. The quantitative estimate of drug-likeness (QED) is 0.634. The summed E-state index contributed by atoms with van der Waals surface area (Å²) in [6.45, 7) is 1.70. The number of primary amides is 1. The van der Waals surface area contributed by atoms with E-state index in [1.54, 1.807) is 12.1 Å². The van der Waals surface area contributed by atoms with Gasteiger partial charge in [-0.1, -0.05) is 0 Å². The molecule has 0 radical (unpaired) electrons. The van der Waals surface area contributed by atoms with Crippen molar-refractivity contribution in [3.05, 3.63) is 71.3 Å². The van der Waals surface area contributed by atoms with Gasteiger partial charge in [0.1, 0.15) is 6.54 Å². The fourth-order valence-corrected chi connectivity index (χ4v) is 1.97. The highest BCUT2D eigenvalue weighted by Gasteiger charge is 2.06. The maximum atomic E-state index is 11.0. The van der Waals surface area contributed by atoms with Crippen LogP contribution in [-0.4, -0.2) is 17.4 Å². The van der Waals surface area contributed by atoms with Crippen molar-refractivity contribution in [3.8, 4) is 0 Å². The van der Waals surface area contributed by atoms with Crippen molar-refractivity contribution in [2.75, 3.05) is 6.54 Å². The molecule has 2 N–H and O–H groups in total. The molecule has 0 atom stereocenters. The van der Waals surface area contributed by atoms with E-state index in [0.29, 0.717) is 5.56 Å². The Kier molecular flexibility index (Phi) is 4.98. The van der Waals surface area contributed by atoms with E-state index in [4.69, 9.17) is 5.73 Å². The number of hydrogen-bond donors (Lipinski definition) is 1. The third-order valence-electron chi connectivity index (χ3n) is 3.13. The molecule has 0 fully saturated rings. The predicted octanol–water partition coefficient (Wildman–Crippen LogP) is 1.46. The molecule has 0 bridgehead atoms. The van der Waals surface area contributed by atoms with E-state index in [-0.39, 0.29) is 0 Å². The number of aromatic nitrogens is 1. The smallest absolute Gasteiger partial charge is 0.249 e. The van der Waals surface area contributed by atoms with Gasteiger partial charge in [-0.15, -0.1) is 4.91 Å². The zero-order valence-electron chi connectivity index (χ0n) is 11.6. The van der Waals surface area contributed by atoms with Gasteiger partial charge in [0.15, 0.2) is 12.4 Å². The van der Waals surface area contributed by atoms with Crippen LogP contribution in [0.15, 0.2) is 66.0 Å². The number of nitroso groups, excluding NO2 is 1. The monoisotopic (exact) mass is 285 g/mol. The number of rotatable bonds is 6. The van der Waals surface area contributed by atoms with E-state index in [0.717, 1.165) is 25.1 Å². The number of pyridine rings is 1. The fourth-order valence-electron chi connectivity index (χ4n) is 1.97. The van der Waals surface area contributed by atoms with Gasteiger partial charge in [0, 0.05) is 37.5 Å². The molecule has 0 unspecified atom stereocenters. The van der Waals surface area contributed by atoms with E-state index in [1.165, 1.54) is 6.20 Å². The molecule has 0 aromatic carbocycles. The van der Waals surface area contributed by atoms with Crippen LogP contribution in [0.5, 0.6) is 0 Å². The summed E-state index contributed by atoms with van der Waals surface area (Å²) in [4.78, 5) is 23.1. The molecule has 21 heavy (non-hydrogen) atoms. The minimum atomic E-state index is -0.417.